The van der Waals surface area contributed by atoms with Crippen molar-refractivity contribution in [2.45, 2.75) is 52.2 Å². The van der Waals surface area contributed by atoms with Crippen LogP contribution in [-0.2, 0) is 4.74 Å². The topological polar surface area (TPSA) is 21.3 Å². The fourth-order valence-electron chi connectivity index (χ4n) is 1.84. The maximum Gasteiger partial charge on any atom is 0.0707 e. The van der Waals surface area contributed by atoms with Crippen molar-refractivity contribution >= 4 is 11.6 Å². The highest BCUT2D eigenvalue weighted by molar-refractivity contribution is 6.18. The molecule has 1 aliphatic rings. The second kappa shape index (κ2) is 5.03. The summed E-state index contributed by atoms with van der Waals surface area (Å²) >= 11 is 5.86. The molecule has 0 amide bonds. The van der Waals surface area contributed by atoms with Crippen LogP contribution in [0.25, 0.3) is 0 Å². The van der Waals surface area contributed by atoms with Gasteiger partial charge in [-0.3, -0.25) is 0 Å². The van der Waals surface area contributed by atoms with Gasteiger partial charge in [-0.2, -0.15) is 0 Å². The van der Waals surface area contributed by atoms with Gasteiger partial charge in [0.1, 0.15) is 0 Å². The van der Waals surface area contributed by atoms with Gasteiger partial charge in [0.25, 0.3) is 0 Å². The Morgan fingerprint density at radius 3 is 2.60 bits per heavy atom. The van der Waals surface area contributed by atoms with Gasteiger partial charge in [0, 0.05) is 19.0 Å². The summed E-state index contributed by atoms with van der Waals surface area (Å²) in [5, 5.41) is 3.45. The molecule has 2 nitrogen and oxygen atoms in total. The third-order valence-corrected chi connectivity index (χ3v) is 3.61. The van der Waals surface area contributed by atoms with Crippen molar-refractivity contribution in [1.82, 2.24) is 5.32 Å². The molecule has 1 atom stereocenters. The van der Waals surface area contributed by atoms with Crippen LogP contribution in [0.4, 0.5) is 0 Å². The van der Waals surface area contributed by atoms with Crippen molar-refractivity contribution in [3.63, 3.8) is 0 Å². The average Bonchev–Trinajstić information content (AvgIpc) is 2.45. The van der Waals surface area contributed by atoms with E-state index < -0.39 is 0 Å². The number of hydrogen-bond acceptors (Lipinski definition) is 2. The zero-order chi connectivity index (χ0) is 11.5. The second-order valence-corrected chi connectivity index (χ2v) is 6.23. The van der Waals surface area contributed by atoms with Gasteiger partial charge in [0.05, 0.1) is 11.7 Å². The van der Waals surface area contributed by atoms with Crippen LogP contribution < -0.4 is 5.32 Å². The summed E-state index contributed by atoms with van der Waals surface area (Å²) in [5.41, 5.74) is 0.254. The van der Waals surface area contributed by atoms with E-state index in [4.69, 9.17) is 16.3 Å². The Morgan fingerprint density at radius 1 is 1.47 bits per heavy atom. The summed E-state index contributed by atoms with van der Waals surface area (Å²) in [4.78, 5) is 0. The third-order valence-electron chi connectivity index (χ3n) is 2.89. The van der Waals surface area contributed by atoms with E-state index in [0.29, 0.717) is 12.0 Å². The molecule has 0 aliphatic carbocycles. The maximum atomic E-state index is 5.90. The molecule has 0 aromatic heterocycles. The lowest BCUT2D eigenvalue weighted by Gasteiger charge is -2.24. The van der Waals surface area contributed by atoms with Gasteiger partial charge in [0.2, 0.25) is 0 Å². The zero-order valence-corrected chi connectivity index (χ0v) is 11.2. The Morgan fingerprint density at radius 2 is 2.13 bits per heavy atom. The first-order chi connectivity index (χ1) is 6.85. The Balaban J connectivity index is 2.17. The van der Waals surface area contributed by atoms with E-state index in [-0.39, 0.29) is 11.0 Å². The molecular formula is C12H24ClNO. The van der Waals surface area contributed by atoms with Gasteiger partial charge in [-0.25, -0.2) is 0 Å². The van der Waals surface area contributed by atoms with Crippen molar-refractivity contribution in [2.24, 2.45) is 5.41 Å². The molecule has 0 aromatic rings. The molecule has 1 N–H and O–H groups in total. The standard InChI is InChI=1S/C12H24ClNO/c1-11(2,8-13)9-14-7-10-5-6-12(3,4)15-10/h10,14H,5-9H2,1-4H3. The predicted molar refractivity (Wildman–Crippen MR) is 65.6 cm³/mol. The Kier molecular flexibility index (Phi) is 4.45. The molecular weight excluding hydrogens is 210 g/mol. The van der Waals surface area contributed by atoms with Crippen molar-refractivity contribution in [1.29, 1.82) is 0 Å². The van der Waals surface area contributed by atoms with Gasteiger partial charge < -0.3 is 10.1 Å². The smallest absolute Gasteiger partial charge is 0.0707 e. The Hall–Kier alpha value is 0.210. The lowest BCUT2D eigenvalue weighted by atomic mass is 9.96. The average molecular weight is 234 g/mol. The molecule has 1 rings (SSSR count). The quantitative estimate of drug-likeness (QED) is 0.738. The van der Waals surface area contributed by atoms with Crippen molar-refractivity contribution in [2.75, 3.05) is 19.0 Å². The molecule has 15 heavy (non-hydrogen) atoms. The normalized spacial score (nSPS) is 25.8. The summed E-state index contributed by atoms with van der Waals surface area (Å²) in [5.74, 6) is 0.691. The number of nitrogens with one attached hydrogen (secondary N) is 1. The van der Waals surface area contributed by atoms with E-state index in [9.17, 15) is 0 Å². The monoisotopic (exact) mass is 233 g/mol. The van der Waals surface area contributed by atoms with Gasteiger partial charge in [-0.05, 0) is 32.1 Å². The molecule has 1 aliphatic heterocycles. The summed E-state index contributed by atoms with van der Waals surface area (Å²) in [6, 6.07) is 0. The van der Waals surface area contributed by atoms with Crippen LogP contribution >= 0.6 is 11.6 Å². The van der Waals surface area contributed by atoms with Crippen molar-refractivity contribution in [3.05, 3.63) is 0 Å². The molecule has 1 fully saturated rings. The van der Waals surface area contributed by atoms with Crippen LogP contribution in [0.1, 0.15) is 40.5 Å². The molecule has 0 radical (unpaired) electrons. The SMILES string of the molecule is CC(C)(CCl)CNCC1CCC(C)(C)O1. The molecule has 90 valence electrons. The zero-order valence-electron chi connectivity index (χ0n) is 10.4. The lowest BCUT2D eigenvalue weighted by molar-refractivity contribution is -0.0146. The fourth-order valence-corrected chi connectivity index (χ4v) is 1.93. The van der Waals surface area contributed by atoms with Crippen LogP contribution in [0.3, 0.4) is 0 Å². The summed E-state index contributed by atoms with van der Waals surface area (Å²) in [7, 11) is 0. The lowest BCUT2D eigenvalue weighted by Crippen LogP contribution is -2.36. The maximum absolute atomic E-state index is 5.90. The minimum atomic E-state index is 0.0777. The summed E-state index contributed by atoms with van der Waals surface area (Å²) < 4.78 is 5.90. The van der Waals surface area contributed by atoms with Crippen molar-refractivity contribution < 1.29 is 4.74 Å². The van der Waals surface area contributed by atoms with Gasteiger partial charge in [-0.15, -0.1) is 11.6 Å². The van der Waals surface area contributed by atoms with Crippen molar-refractivity contribution in [3.8, 4) is 0 Å². The molecule has 1 saturated heterocycles. The van der Waals surface area contributed by atoms with Gasteiger partial charge in [0.15, 0.2) is 0 Å². The van der Waals surface area contributed by atoms with E-state index in [1.54, 1.807) is 0 Å². The number of alkyl halides is 1. The fraction of sp³-hybridized carbons (Fsp3) is 1.00. The van der Waals surface area contributed by atoms with Gasteiger partial charge in [-0.1, -0.05) is 13.8 Å². The summed E-state index contributed by atoms with van der Waals surface area (Å²) in [6.45, 7) is 10.6. The number of hydrogen-bond donors (Lipinski definition) is 1. The molecule has 0 bridgehead atoms. The van der Waals surface area contributed by atoms with E-state index >= 15 is 0 Å². The molecule has 1 unspecified atom stereocenters. The first-order valence-electron chi connectivity index (χ1n) is 5.79. The van der Waals surface area contributed by atoms with Crippen LogP contribution in [0, 0.1) is 5.41 Å². The summed E-state index contributed by atoms with van der Waals surface area (Å²) in [6.07, 6.45) is 2.71. The number of halogens is 1. The Bertz CT molecular complexity index is 204. The minimum Gasteiger partial charge on any atom is -0.371 e. The number of ether oxygens (including phenoxy) is 1. The van der Waals surface area contributed by atoms with Crippen LogP contribution in [0.2, 0.25) is 0 Å². The minimum absolute atomic E-state index is 0.0777. The predicted octanol–water partition coefficient (Wildman–Crippen LogP) is 2.80. The molecule has 3 heteroatoms. The highest BCUT2D eigenvalue weighted by Gasteiger charge is 2.31. The van der Waals surface area contributed by atoms with E-state index in [1.165, 1.54) is 6.42 Å². The van der Waals surface area contributed by atoms with Gasteiger partial charge >= 0.3 is 0 Å². The first kappa shape index (κ1) is 13.3. The molecule has 0 aromatic carbocycles. The first-order valence-corrected chi connectivity index (χ1v) is 6.33. The molecule has 1 heterocycles. The Labute approximate surface area is 98.7 Å². The van der Waals surface area contributed by atoms with E-state index in [1.807, 2.05) is 0 Å². The van der Waals surface area contributed by atoms with E-state index in [0.717, 1.165) is 19.5 Å². The number of rotatable bonds is 5. The molecule has 0 saturated carbocycles. The van der Waals surface area contributed by atoms with Crippen LogP contribution in [0.15, 0.2) is 0 Å². The van der Waals surface area contributed by atoms with Crippen LogP contribution in [-0.4, -0.2) is 30.7 Å². The highest BCUT2D eigenvalue weighted by Crippen LogP contribution is 2.28. The largest absolute Gasteiger partial charge is 0.371 e. The van der Waals surface area contributed by atoms with E-state index in [2.05, 4.69) is 33.0 Å². The third kappa shape index (κ3) is 4.71. The molecule has 0 spiro atoms. The highest BCUT2D eigenvalue weighted by atomic mass is 35.5. The second-order valence-electron chi connectivity index (χ2n) is 5.97. The van der Waals surface area contributed by atoms with Crippen LogP contribution in [0.5, 0.6) is 0 Å².